The van der Waals surface area contributed by atoms with E-state index < -0.39 is 48.1 Å². The Kier molecular flexibility index (Phi) is 4.20. The summed E-state index contributed by atoms with van der Waals surface area (Å²) in [4.78, 5) is 36.2. The number of alkyl carbamates (subject to hydrolysis) is 1. The molecule has 11 nitrogen and oxygen atoms in total. The van der Waals surface area contributed by atoms with Gasteiger partial charge in [0.25, 0.3) is 5.09 Å². The molecule has 2 saturated heterocycles. The lowest BCUT2D eigenvalue weighted by molar-refractivity contribution is -0.769. The zero-order chi connectivity index (χ0) is 14.7. The number of nitrogens with zero attached hydrogens (tertiary/aromatic N) is 1. The monoisotopic (exact) mass is 292 g/mol. The van der Waals surface area contributed by atoms with Gasteiger partial charge >= 0.3 is 12.1 Å². The Morgan fingerprint density at radius 2 is 1.90 bits per heavy atom. The summed E-state index contributed by atoms with van der Waals surface area (Å²) in [6.45, 7) is -0.630. The van der Waals surface area contributed by atoms with Crippen LogP contribution in [0.25, 0.3) is 0 Å². The minimum absolute atomic E-state index is 0.00655. The first-order valence-corrected chi connectivity index (χ1v) is 5.68. The van der Waals surface area contributed by atoms with Crippen molar-refractivity contribution in [2.24, 2.45) is 0 Å². The van der Waals surface area contributed by atoms with Crippen LogP contribution in [0.2, 0.25) is 0 Å². The van der Waals surface area contributed by atoms with Crippen LogP contribution in [0.5, 0.6) is 0 Å². The van der Waals surface area contributed by atoms with Crippen molar-refractivity contribution >= 4 is 12.1 Å². The van der Waals surface area contributed by atoms with E-state index in [4.69, 9.17) is 19.3 Å². The Hall–Kier alpha value is -2.14. The maximum atomic E-state index is 11.3. The van der Waals surface area contributed by atoms with Crippen molar-refractivity contribution in [2.75, 3.05) is 19.8 Å². The minimum Gasteiger partial charge on any atom is -0.480 e. The van der Waals surface area contributed by atoms with Gasteiger partial charge in [0.2, 0.25) is 0 Å². The molecule has 1 unspecified atom stereocenters. The number of ether oxygens (including phenoxy) is 3. The molecule has 2 aliphatic rings. The third-order valence-corrected chi connectivity index (χ3v) is 2.83. The summed E-state index contributed by atoms with van der Waals surface area (Å²) < 4.78 is 15.4. The number of amides is 1. The van der Waals surface area contributed by atoms with Crippen molar-refractivity contribution in [1.82, 2.24) is 5.32 Å². The number of hydrogen-bond donors (Lipinski definition) is 2. The van der Waals surface area contributed by atoms with Gasteiger partial charge in [0.1, 0.15) is 18.8 Å². The van der Waals surface area contributed by atoms with Crippen molar-refractivity contribution in [2.45, 2.75) is 24.4 Å². The molecule has 112 valence electrons. The van der Waals surface area contributed by atoms with Gasteiger partial charge in [-0.15, -0.1) is 10.1 Å². The fourth-order valence-corrected chi connectivity index (χ4v) is 2.06. The van der Waals surface area contributed by atoms with Gasteiger partial charge in [-0.1, -0.05) is 0 Å². The average Bonchev–Trinajstić information content (AvgIpc) is 2.91. The molecule has 0 saturated carbocycles. The van der Waals surface area contributed by atoms with E-state index in [1.165, 1.54) is 0 Å². The van der Waals surface area contributed by atoms with Gasteiger partial charge in [-0.25, -0.2) is 4.79 Å². The summed E-state index contributed by atoms with van der Waals surface area (Å²) in [5.74, 6) is -1.21. The van der Waals surface area contributed by atoms with E-state index in [0.29, 0.717) is 0 Å². The van der Waals surface area contributed by atoms with E-state index in [9.17, 15) is 19.7 Å². The third kappa shape index (κ3) is 3.24. The Bertz CT molecular complexity index is 414. The average molecular weight is 292 g/mol. The molecule has 4 atom stereocenters. The molecule has 0 bridgehead atoms. The molecule has 0 aromatic carbocycles. The smallest absolute Gasteiger partial charge is 0.408 e. The molecule has 11 heteroatoms. The second kappa shape index (κ2) is 5.88. The molecule has 1 amide bonds. The highest BCUT2D eigenvalue weighted by molar-refractivity contribution is 5.76. The van der Waals surface area contributed by atoms with Gasteiger partial charge in [0, 0.05) is 0 Å². The van der Waals surface area contributed by atoms with E-state index >= 15 is 0 Å². The van der Waals surface area contributed by atoms with Crippen LogP contribution in [0.1, 0.15) is 0 Å². The minimum atomic E-state index is -1.21. The molecular formula is C9H12N2O9. The fraction of sp³-hybridized carbons (Fsp3) is 0.778. The van der Waals surface area contributed by atoms with E-state index in [1.54, 1.807) is 0 Å². The zero-order valence-corrected chi connectivity index (χ0v) is 10.1. The zero-order valence-electron chi connectivity index (χ0n) is 10.1. The summed E-state index contributed by atoms with van der Waals surface area (Å²) in [7, 11) is 0. The molecular weight excluding hydrogens is 280 g/mol. The van der Waals surface area contributed by atoms with Crippen LogP contribution in [-0.4, -0.2) is 66.4 Å². The Morgan fingerprint density at radius 3 is 2.50 bits per heavy atom. The molecule has 0 aliphatic carbocycles. The van der Waals surface area contributed by atoms with Crippen LogP contribution in [-0.2, 0) is 23.8 Å². The number of aliphatic carboxylic acids is 1. The molecule has 20 heavy (non-hydrogen) atoms. The number of carboxylic acid groups (broad SMARTS) is 1. The largest absolute Gasteiger partial charge is 0.480 e. The van der Waals surface area contributed by atoms with Crippen molar-refractivity contribution in [3.63, 3.8) is 0 Å². The highest BCUT2D eigenvalue weighted by Crippen LogP contribution is 2.30. The van der Waals surface area contributed by atoms with Gasteiger partial charge in [-0.2, -0.15) is 0 Å². The van der Waals surface area contributed by atoms with Gasteiger partial charge in [-0.3, -0.25) is 4.79 Å². The highest BCUT2D eigenvalue weighted by atomic mass is 17.0. The number of hydrogen-bond acceptors (Lipinski definition) is 8. The molecule has 0 radical (unpaired) electrons. The summed E-state index contributed by atoms with van der Waals surface area (Å²) in [5.41, 5.74) is 0. The molecule has 2 rings (SSSR count). The SMILES string of the molecule is O=C(O)CNC(=O)O[C@@H]1CO[C@@H]2C(O[N+](=O)[O-])CO[C@@H]21. The number of carboxylic acids is 1. The summed E-state index contributed by atoms with van der Waals surface area (Å²) in [6, 6.07) is 0. The summed E-state index contributed by atoms with van der Waals surface area (Å²) in [5, 5.41) is 19.7. The summed E-state index contributed by atoms with van der Waals surface area (Å²) in [6.07, 6.45) is -3.93. The number of carbonyl (C=O) groups is 2. The van der Waals surface area contributed by atoms with E-state index in [-0.39, 0.29) is 13.2 Å². The highest BCUT2D eigenvalue weighted by Gasteiger charge is 2.51. The lowest BCUT2D eigenvalue weighted by Crippen LogP contribution is -2.39. The maximum absolute atomic E-state index is 11.3. The van der Waals surface area contributed by atoms with Crippen LogP contribution in [0, 0.1) is 10.1 Å². The van der Waals surface area contributed by atoms with Crippen LogP contribution >= 0.6 is 0 Å². The van der Waals surface area contributed by atoms with Gasteiger partial charge < -0.3 is 29.5 Å². The van der Waals surface area contributed by atoms with Gasteiger partial charge in [0.05, 0.1) is 13.2 Å². The molecule has 2 heterocycles. The lowest BCUT2D eigenvalue weighted by Gasteiger charge is -2.16. The lowest BCUT2D eigenvalue weighted by atomic mass is 10.1. The van der Waals surface area contributed by atoms with Crippen LogP contribution in [0.15, 0.2) is 0 Å². The van der Waals surface area contributed by atoms with Crippen molar-refractivity contribution in [3.8, 4) is 0 Å². The number of nitrogens with one attached hydrogen (secondary N) is 1. The van der Waals surface area contributed by atoms with Crippen LogP contribution < -0.4 is 5.32 Å². The standard InChI is InChI=1S/C9H12N2O9/c12-6(13)1-10-9(14)19-4-2-17-8-5(20-11(15)16)3-18-7(4)8/h4-5,7-8H,1-3H2,(H,10,14)(H,12,13)/t4-,5?,7-,8-/m1/s1. The quantitative estimate of drug-likeness (QED) is 0.458. The number of rotatable bonds is 5. The van der Waals surface area contributed by atoms with Crippen LogP contribution in [0.3, 0.4) is 0 Å². The first-order chi connectivity index (χ1) is 9.47. The predicted molar refractivity (Wildman–Crippen MR) is 57.3 cm³/mol. The Morgan fingerprint density at radius 1 is 1.30 bits per heavy atom. The number of carbonyl (C=O) groups excluding carboxylic acids is 1. The summed E-state index contributed by atoms with van der Waals surface area (Å²) >= 11 is 0. The van der Waals surface area contributed by atoms with Gasteiger partial charge in [-0.05, 0) is 0 Å². The second-order valence-corrected chi connectivity index (χ2v) is 4.15. The molecule has 0 aromatic heterocycles. The first kappa shape index (κ1) is 14.3. The normalized spacial score (nSPS) is 31.4. The van der Waals surface area contributed by atoms with E-state index in [2.05, 4.69) is 4.84 Å². The number of fused-ring (bicyclic) bond motifs is 1. The topological polar surface area (TPSA) is 146 Å². The maximum Gasteiger partial charge on any atom is 0.408 e. The van der Waals surface area contributed by atoms with E-state index in [0.717, 1.165) is 0 Å². The van der Waals surface area contributed by atoms with Crippen LogP contribution in [0.4, 0.5) is 4.79 Å². The van der Waals surface area contributed by atoms with Crippen molar-refractivity contribution in [1.29, 1.82) is 0 Å². The first-order valence-electron chi connectivity index (χ1n) is 5.68. The van der Waals surface area contributed by atoms with Crippen molar-refractivity contribution in [3.05, 3.63) is 10.1 Å². The molecule has 2 N–H and O–H groups in total. The molecule has 0 aromatic rings. The molecule has 2 fully saturated rings. The fourth-order valence-electron chi connectivity index (χ4n) is 2.06. The third-order valence-electron chi connectivity index (χ3n) is 2.83. The molecule has 0 spiro atoms. The van der Waals surface area contributed by atoms with Gasteiger partial charge in [0.15, 0.2) is 12.2 Å². The molecule has 2 aliphatic heterocycles. The van der Waals surface area contributed by atoms with E-state index in [1.807, 2.05) is 5.32 Å². The Balaban J connectivity index is 1.83. The second-order valence-electron chi connectivity index (χ2n) is 4.15. The van der Waals surface area contributed by atoms with Crippen molar-refractivity contribution < 1.29 is 38.8 Å². The Labute approximate surface area is 111 Å². The predicted octanol–water partition coefficient (Wildman–Crippen LogP) is -1.46.